The second kappa shape index (κ2) is 15.5. The summed E-state index contributed by atoms with van der Waals surface area (Å²) >= 11 is 0. The van der Waals surface area contributed by atoms with E-state index in [0.717, 1.165) is 6.07 Å². The van der Waals surface area contributed by atoms with Crippen LogP contribution in [0.1, 0.15) is 53.0 Å². The third-order valence-corrected chi connectivity index (χ3v) is 7.82. The van der Waals surface area contributed by atoms with Gasteiger partial charge in [-0.25, -0.2) is 18.7 Å². The molecule has 1 fully saturated rings. The zero-order valence-corrected chi connectivity index (χ0v) is 27.7. The molecule has 4 rings (SSSR count). The Hall–Kier alpha value is -4.10. The number of amides is 3. The fourth-order valence-electron chi connectivity index (χ4n) is 5.17. The van der Waals surface area contributed by atoms with E-state index >= 15 is 0 Å². The third-order valence-electron chi connectivity index (χ3n) is 7.82. The smallest absolute Gasteiger partial charge is 0.247 e. The summed E-state index contributed by atoms with van der Waals surface area (Å²) in [5.74, 6) is -1.64. The largest absolute Gasteiger partial charge is 0.492 e. The second-order valence-electron chi connectivity index (χ2n) is 12.1. The minimum Gasteiger partial charge on any atom is -0.492 e. The summed E-state index contributed by atoms with van der Waals surface area (Å²) in [5, 5.41) is 12.3. The molecule has 250 valence electrons. The van der Waals surface area contributed by atoms with E-state index < -0.39 is 41.1 Å². The molecule has 0 spiro atoms. The van der Waals surface area contributed by atoms with E-state index in [1.54, 1.807) is 26.1 Å². The monoisotopic (exact) mass is 661 g/mol. The van der Waals surface area contributed by atoms with E-state index in [1.165, 1.54) is 23.4 Å². The van der Waals surface area contributed by atoms with Crippen molar-refractivity contribution in [2.24, 2.45) is 5.41 Å². The van der Waals surface area contributed by atoms with Crippen LogP contribution in [0.15, 0.2) is 36.7 Å². The van der Waals surface area contributed by atoms with Gasteiger partial charge in [0.1, 0.15) is 41.6 Å². The number of likely N-dealkylation sites (tertiary alicyclic amines) is 1. The zero-order chi connectivity index (χ0) is 32.9. The molecule has 1 aliphatic heterocycles. The van der Waals surface area contributed by atoms with Crippen LogP contribution in [0.4, 0.5) is 20.3 Å². The van der Waals surface area contributed by atoms with Crippen molar-refractivity contribution in [3.8, 4) is 5.75 Å². The Morgan fingerprint density at radius 1 is 1.13 bits per heavy atom. The number of benzene rings is 2. The van der Waals surface area contributed by atoms with Crippen LogP contribution in [0.5, 0.6) is 5.75 Å². The highest BCUT2D eigenvalue weighted by Gasteiger charge is 2.42. The summed E-state index contributed by atoms with van der Waals surface area (Å²) in [6.07, 6.45) is 2.43. The first-order chi connectivity index (χ1) is 21.3. The minimum absolute atomic E-state index is 0. The van der Waals surface area contributed by atoms with Crippen molar-refractivity contribution in [1.82, 2.24) is 25.5 Å². The molecule has 0 bridgehead atoms. The van der Waals surface area contributed by atoms with Crippen LogP contribution in [0.3, 0.4) is 0 Å². The first-order valence-corrected chi connectivity index (χ1v) is 15.0. The molecular weight excluding hydrogens is 620 g/mol. The van der Waals surface area contributed by atoms with Crippen LogP contribution >= 0.6 is 12.4 Å². The van der Waals surface area contributed by atoms with Crippen LogP contribution in [-0.2, 0) is 20.9 Å². The summed E-state index contributed by atoms with van der Waals surface area (Å²) in [6.45, 7) is 9.85. The molecule has 2 aromatic carbocycles. The molecule has 3 unspecified atom stereocenters. The van der Waals surface area contributed by atoms with Crippen LogP contribution in [0.2, 0.25) is 0 Å². The Balaban J connectivity index is 0.00000576. The molecule has 3 amide bonds. The molecule has 1 aliphatic rings. The highest BCUT2D eigenvalue weighted by molar-refractivity contribution is 6.03. The van der Waals surface area contributed by atoms with Gasteiger partial charge in [-0.15, -0.1) is 12.4 Å². The number of hydrogen-bond donors (Lipinski definition) is 4. The maximum Gasteiger partial charge on any atom is 0.247 e. The quantitative estimate of drug-likeness (QED) is 0.237. The van der Waals surface area contributed by atoms with Crippen molar-refractivity contribution >= 4 is 52.5 Å². The van der Waals surface area contributed by atoms with Crippen molar-refractivity contribution in [2.75, 3.05) is 30.8 Å². The van der Waals surface area contributed by atoms with E-state index in [-0.39, 0.29) is 36.3 Å². The molecule has 0 saturated carbocycles. The van der Waals surface area contributed by atoms with Gasteiger partial charge in [-0.3, -0.25) is 14.4 Å². The summed E-state index contributed by atoms with van der Waals surface area (Å²) in [4.78, 5) is 50.5. The van der Waals surface area contributed by atoms with E-state index in [9.17, 15) is 23.2 Å². The van der Waals surface area contributed by atoms with Crippen molar-refractivity contribution in [3.05, 3.63) is 53.9 Å². The molecule has 3 atom stereocenters. The van der Waals surface area contributed by atoms with Crippen molar-refractivity contribution < 1.29 is 27.9 Å². The van der Waals surface area contributed by atoms with E-state index in [2.05, 4.69) is 31.2 Å². The fraction of sp³-hybridized carbons (Fsp3) is 0.469. The van der Waals surface area contributed by atoms with Crippen molar-refractivity contribution in [2.45, 2.75) is 72.1 Å². The molecule has 0 radical (unpaired) electrons. The zero-order valence-electron chi connectivity index (χ0n) is 26.9. The molecule has 1 saturated heterocycles. The standard InChI is InChI=1S/C32H41F2N7O4.ClH/c1-7-45-26-15-23-21(28(38-17-37-23)36-16-19-10-11-20(33)13-22(19)34)14-24(26)39-30(43)25-9-8-12-41(25)31(44)27(32(3,4)5)40-29(42)18(2)35-6;/h10-11,13-15,17-18,25,27,35H,7-9,12,16H2,1-6H3,(H,39,43)(H,40,42)(H,36,37,38);1H. The lowest BCUT2D eigenvalue weighted by molar-refractivity contribution is -0.143. The predicted octanol–water partition coefficient (Wildman–Crippen LogP) is 4.41. The predicted molar refractivity (Wildman–Crippen MR) is 175 cm³/mol. The number of halogens is 3. The Morgan fingerprint density at radius 3 is 2.52 bits per heavy atom. The lowest BCUT2D eigenvalue weighted by Crippen LogP contribution is -2.59. The lowest BCUT2D eigenvalue weighted by atomic mass is 9.85. The number of ether oxygens (including phenoxy) is 1. The second-order valence-corrected chi connectivity index (χ2v) is 12.1. The topological polar surface area (TPSA) is 138 Å². The van der Waals surface area contributed by atoms with Gasteiger partial charge in [0.25, 0.3) is 0 Å². The molecule has 14 heteroatoms. The van der Waals surface area contributed by atoms with Gasteiger partial charge < -0.3 is 30.9 Å². The number of nitrogens with one attached hydrogen (secondary N) is 4. The average molecular weight is 662 g/mol. The third kappa shape index (κ3) is 8.38. The summed E-state index contributed by atoms with van der Waals surface area (Å²) in [6, 6.07) is 4.58. The fourth-order valence-corrected chi connectivity index (χ4v) is 5.17. The first kappa shape index (κ1) is 36.4. The number of anilines is 2. The average Bonchev–Trinajstić information content (AvgIpc) is 3.49. The SMILES string of the molecule is CCOc1cc2ncnc(NCc3ccc(F)cc3F)c2cc1NC(=O)C1CCCN1C(=O)C(NC(=O)C(C)NC)C(C)(C)C.Cl. The van der Waals surface area contributed by atoms with Crippen molar-refractivity contribution in [3.63, 3.8) is 0 Å². The molecule has 0 aliphatic carbocycles. The van der Waals surface area contributed by atoms with Gasteiger partial charge in [-0.2, -0.15) is 0 Å². The Morgan fingerprint density at radius 2 is 1.87 bits per heavy atom. The molecule has 11 nitrogen and oxygen atoms in total. The summed E-state index contributed by atoms with van der Waals surface area (Å²) in [7, 11) is 1.67. The summed E-state index contributed by atoms with van der Waals surface area (Å²) < 4.78 is 33.4. The summed E-state index contributed by atoms with van der Waals surface area (Å²) in [5.41, 5.74) is 0.511. The molecule has 3 aromatic rings. The maximum absolute atomic E-state index is 14.2. The van der Waals surface area contributed by atoms with Crippen LogP contribution in [0, 0.1) is 17.0 Å². The normalized spacial score (nSPS) is 15.9. The van der Waals surface area contributed by atoms with Crippen molar-refractivity contribution in [1.29, 1.82) is 0 Å². The van der Waals surface area contributed by atoms with Gasteiger partial charge >= 0.3 is 0 Å². The number of aromatic nitrogens is 2. The number of carbonyl (C=O) groups excluding carboxylic acids is 3. The molecule has 4 N–H and O–H groups in total. The number of carbonyl (C=O) groups is 3. The Labute approximate surface area is 273 Å². The van der Waals surface area contributed by atoms with E-state index in [0.29, 0.717) is 54.2 Å². The molecule has 1 aromatic heterocycles. The minimum atomic E-state index is -0.842. The highest BCUT2D eigenvalue weighted by atomic mass is 35.5. The number of hydrogen-bond acceptors (Lipinski definition) is 8. The highest BCUT2D eigenvalue weighted by Crippen LogP contribution is 2.34. The molecular formula is C32H42ClF2N7O4. The molecule has 46 heavy (non-hydrogen) atoms. The number of likely N-dealkylation sites (N-methyl/N-ethyl adjacent to an activating group) is 1. The molecule has 2 heterocycles. The number of rotatable bonds is 11. The van der Waals surface area contributed by atoms with E-state index in [1.807, 2.05) is 27.7 Å². The van der Waals surface area contributed by atoms with Gasteiger partial charge in [0.15, 0.2) is 0 Å². The van der Waals surface area contributed by atoms with Gasteiger partial charge in [0.05, 0.1) is 23.9 Å². The first-order valence-electron chi connectivity index (χ1n) is 15.0. The van der Waals surface area contributed by atoms with Crippen LogP contribution < -0.4 is 26.0 Å². The van der Waals surface area contributed by atoms with Gasteiger partial charge in [0, 0.05) is 36.2 Å². The van der Waals surface area contributed by atoms with Gasteiger partial charge in [0.2, 0.25) is 17.7 Å². The van der Waals surface area contributed by atoms with Gasteiger partial charge in [-0.1, -0.05) is 26.8 Å². The van der Waals surface area contributed by atoms with E-state index in [4.69, 9.17) is 4.74 Å². The van der Waals surface area contributed by atoms with Crippen LogP contribution in [-0.4, -0.2) is 70.9 Å². The van der Waals surface area contributed by atoms with Crippen LogP contribution in [0.25, 0.3) is 10.9 Å². The number of fused-ring (bicyclic) bond motifs is 1. The Bertz CT molecular complexity index is 1570. The maximum atomic E-state index is 14.2. The lowest BCUT2D eigenvalue weighted by Gasteiger charge is -2.36. The van der Waals surface area contributed by atoms with Gasteiger partial charge in [-0.05, 0) is 51.3 Å². The number of nitrogens with zero attached hydrogens (tertiary/aromatic N) is 3. The Kier molecular flexibility index (Phi) is 12.2.